The van der Waals surface area contributed by atoms with Gasteiger partial charge in [0.1, 0.15) is 28.9 Å². The molecule has 0 saturated carbocycles. The van der Waals surface area contributed by atoms with Gasteiger partial charge in [-0.05, 0) is 53.4 Å². The fraction of sp³-hybridized carbons (Fsp3) is 0.182. The minimum Gasteiger partial charge on any atom is -0.497 e. The monoisotopic (exact) mass is 450 g/mol. The molecular weight excluding hydrogens is 432 g/mol. The Morgan fingerprint density at radius 2 is 2.13 bits per heavy atom. The van der Waals surface area contributed by atoms with Crippen LogP contribution >= 0.6 is 23.1 Å². The van der Waals surface area contributed by atoms with Gasteiger partial charge < -0.3 is 9.15 Å². The number of nitrogens with zero attached hydrogens (tertiary/aromatic N) is 4. The maximum atomic E-state index is 13.2. The van der Waals surface area contributed by atoms with Gasteiger partial charge in [0, 0.05) is 6.42 Å². The van der Waals surface area contributed by atoms with Crippen molar-refractivity contribution in [3.63, 3.8) is 0 Å². The molecule has 3 aromatic heterocycles. The fourth-order valence-corrected chi connectivity index (χ4v) is 5.27. The van der Waals surface area contributed by atoms with E-state index in [1.54, 1.807) is 24.7 Å². The van der Waals surface area contributed by atoms with E-state index in [0.29, 0.717) is 12.2 Å². The molecule has 1 aliphatic rings. The quantitative estimate of drug-likeness (QED) is 0.311. The molecule has 9 heteroatoms. The predicted molar refractivity (Wildman–Crippen MR) is 121 cm³/mol. The molecule has 0 fully saturated rings. The van der Waals surface area contributed by atoms with E-state index < -0.39 is 0 Å². The molecule has 1 aromatic carbocycles. The van der Waals surface area contributed by atoms with E-state index >= 15 is 0 Å². The number of ether oxygens (including phenoxy) is 1. The lowest BCUT2D eigenvalue weighted by Gasteiger charge is -2.19. The number of benzene rings is 1. The molecule has 0 bridgehead atoms. The van der Waals surface area contributed by atoms with Crippen LogP contribution in [0.4, 0.5) is 0 Å². The normalized spacial score (nSPS) is 16.0. The largest absolute Gasteiger partial charge is 0.497 e. The molecule has 4 aromatic rings. The Morgan fingerprint density at radius 1 is 1.26 bits per heavy atom. The lowest BCUT2D eigenvalue weighted by molar-refractivity contribution is -0.130. The van der Waals surface area contributed by atoms with Crippen molar-refractivity contribution in [2.24, 2.45) is 5.10 Å². The van der Waals surface area contributed by atoms with Crippen LogP contribution in [0.15, 0.2) is 75.0 Å². The average molecular weight is 451 g/mol. The molecule has 1 amide bonds. The van der Waals surface area contributed by atoms with Crippen molar-refractivity contribution in [2.75, 3.05) is 12.9 Å². The van der Waals surface area contributed by atoms with Gasteiger partial charge in [-0.1, -0.05) is 11.8 Å². The second kappa shape index (κ2) is 8.52. The molecule has 0 spiro atoms. The van der Waals surface area contributed by atoms with E-state index in [9.17, 15) is 4.79 Å². The minimum atomic E-state index is -0.271. The van der Waals surface area contributed by atoms with Crippen LogP contribution < -0.4 is 4.74 Å². The zero-order valence-corrected chi connectivity index (χ0v) is 18.2. The Bertz CT molecular complexity index is 1240. The third-order valence-corrected chi connectivity index (χ3v) is 7.02. The van der Waals surface area contributed by atoms with Crippen molar-refractivity contribution in [3.8, 4) is 5.75 Å². The van der Waals surface area contributed by atoms with Gasteiger partial charge in [0.05, 0.1) is 35.1 Å². The zero-order chi connectivity index (χ0) is 21.2. The van der Waals surface area contributed by atoms with Crippen LogP contribution in [0, 0.1) is 0 Å². The molecule has 0 N–H and O–H groups in total. The van der Waals surface area contributed by atoms with Crippen LogP contribution in [-0.2, 0) is 4.79 Å². The summed E-state index contributed by atoms with van der Waals surface area (Å²) in [7, 11) is 1.63. The third kappa shape index (κ3) is 3.94. The second-order valence-corrected chi connectivity index (χ2v) is 8.73. The molecule has 4 heterocycles. The van der Waals surface area contributed by atoms with Crippen LogP contribution in [-0.4, -0.2) is 39.5 Å². The van der Waals surface area contributed by atoms with Crippen LogP contribution in [0.25, 0.3) is 10.2 Å². The van der Waals surface area contributed by atoms with Gasteiger partial charge in [-0.15, -0.1) is 11.3 Å². The first-order valence-electron chi connectivity index (χ1n) is 9.61. The number of hydrogen-bond acceptors (Lipinski definition) is 8. The van der Waals surface area contributed by atoms with Crippen LogP contribution in [0.3, 0.4) is 0 Å². The molecule has 1 atom stereocenters. The van der Waals surface area contributed by atoms with Crippen molar-refractivity contribution < 1.29 is 13.9 Å². The molecular formula is C22H18N4O3S2. The Balaban J connectivity index is 1.38. The van der Waals surface area contributed by atoms with Gasteiger partial charge in [-0.2, -0.15) is 5.10 Å². The highest BCUT2D eigenvalue weighted by Gasteiger charge is 2.34. The van der Waals surface area contributed by atoms with Gasteiger partial charge >= 0.3 is 0 Å². The van der Waals surface area contributed by atoms with Gasteiger partial charge in [-0.25, -0.2) is 15.0 Å². The van der Waals surface area contributed by atoms with Gasteiger partial charge in [0.2, 0.25) is 0 Å². The number of thiophene rings is 1. The number of amides is 1. The van der Waals surface area contributed by atoms with Crippen LogP contribution in [0.1, 0.15) is 23.8 Å². The summed E-state index contributed by atoms with van der Waals surface area (Å²) in [4.78, 5) is 21.8. The number of hydrazone groups is 1. The molecule has 1 unspecified atom stereocenters. The van der Waals surface area contributed by atoms with Crippen molar-refractivity contribution in [3.05, 3.63) is 71.8 Å². The molecule has 5 rings (SSSR count). The first-order chi connectivity index (χ1) is 15.2. The van der Waals surface area contributed by atoms with E-state index in [-0.39, 0.29) is 17.7 Å². The van der Waals surface area contributed by atoms with Crippen molar-refractivity contribution in [1.29, 1.82) is 0 Å². The first-order valence-corrected chi connectivity index (χ1v) is 11.5. The number of carbonyl (C=O) groups excluding carboxylic acids is 1. The Morgan fingerprint density at radius 3 is 2.90 bits per heavy atom. The Labute approximate surface area is 186 Å². The van der Waals surface area contributed by atoms with E-state index in [1.807, 2.05) is 47.8 Å². The number of hydrogen-bond donors (Lipinski definition) is 0. The summed E-state index contributed by atoms with van der Waals surface area (Å²) in [5.41, 5.74) is 2.69. The van der Waals surface area contributed by atoms with Crippen molar-refractivity contribution >= 4 is 44.9 Å². The number of aromatic nitrogens is 2. The maximum absolute atomic E-state index is 13.2. The van der Waals surface area contributed by atoms with E-state index in [1.165, 1.54) is 23.1 Å². The molecule has 0 radical (unpaired) electrons. The summed E-state index contributed by atoms with van der Waals surface area (Å²) < 4.78 is 11.8. The maximum Gasteiger partial charge on any atom is 0.253 e. The summed E-state index contributed by atoms with van der Waals surface area (Å²) in [6.07, 6.45) is 3.73. The number of carbonyl (C=O) groups is 1. The third-order valence-electron chi connectivity index (χ3n) is 5.00. The summed E-state index contributed by atoms with van der Waals surface area (Å²) >= 11 is 2.98. The number of rotatable bonds is 6. The number of fused-ring (bicyclic) bond motifs is 1. The molecule has 0 saturated heterocycles. The summed E-state index contributed by atoms with van der Waals surface area (Å²) in [5.74, 6) is 1.62. The van der Waals surface area contributed by atoms with Crippen LogP contribution in [0.5, 0.6) is 5.75 Å². The highest BCUT2D eigenvalue weighted by atomic mass is 32.2. The smallest absolute Gasteiger partial charge is 0.253 e. The van der Waals surface area contributed by atoms with E-state index in [4.69, 9.17) is 9.15 Å². The van der Waals surface area contributed by atoms with Gasteiger partial charge in [-0.3, -0.25) is 4.79 Å². The highest BCUT2D eigenvalue weighted by Crippen LogP contribution is 2.35. The predicted octanol–water partition coefficient (Wildman–Crippen LogP) is 4.76. The summed E-state index contributed by atoms with van der Waals surface area (Å²) in [5, 5.41) is 8.99. The van der Waals surface area contributed by atoms with Gasteiger partial charge in [0.15, 0.2) is 0 Å². The standard InChI is InChI=1S/C22H18N4O3S2/c1-28-15-6-4-14(5-7-15)17-11-18(19-3-2-9-29-19)26(25-17)20(27)12-31-22-21-16(8-10-30-21)23-13-24-22/h2-10,13,18H,11-12H2,1H3. The lowest BCUT2D eigenvalue weighted by atomic mass is 10.0. The van der Waals surface area contributed by atoms with E-state index in [0.717, 1.165) is 32.3 Å². The average Bonchev–Trinajstić information content (AvgIpc) is 3.57. The van der Waals surface area contributed by atoms with Crippen LogP contribution in [0.2, 0.25) is 0 Å². The SMILES string of the molecule is COc1ccc(C2=NN(C(=O)CSc3ncnc4ccsc34)C(c3ccco3)C2)cc1. The first kappa shape index (κ1) is 19.8. The number of methoxy groups -OCH3 is 1. The van der Waals surface area contributed by atoms with E-state index in [2.05, 4.69) is 15.1 Å². The highest BCUT2D eigenvalue weighted by molar-refractivity contribution is 8.00. The second-order valence-electron chi connectivity index (χ2n) is 6.85. The number of furan rings is 1. The topological polar surface area (TPSA) is 80.8 Å². The Kier molecular flexibility index (Phi) is 5.44. The minimum absolute atomic E-state index is 0.0989. The molecule has 1 aliphatic heterocycles. The molecule has 156 valence electrons. The summed E-state index contributed by atoms with van der Waals surface area (Å²) in [6, 6.07) is 13.1. The lowest BCUT2D eigenvalue weighted by Crippen LogP contribution is -2.28. The van der Waals surface area contributed by atoms with Crippen molar-refractivity contribution in [1.82, 2.24) is 15.0 Å². The molecule has 7 nitrogen and oxygen atoms in total. The van der Waals surface area contributed by atoms with Crippen molar-refractivity contribution in [2.45, 2.75) is 17.5 Å². The number of thioether (sulfide) groups is 1. The Hall–Kier alpha value is -3.17. The molecule has 0 aliphatic carbocycles. The fourth-order valence-electron chi connectivity index (χ4n) is 3.47. The summed E-state index contributed by atoms with van der Waals surface area (Å²) in [6.45, 7) is 0. The van der Waals surface area contributed by atoms with Gasteiger partial charge in [0.25, 0.3) is 5.91 Å². The molecule has 31 heavy (non-hydrogen) atoms. The zero-order valence-electron chi connectivity index (χ0n) is 16.6.